The summed E-state index contributed by atoms with van der Waals surface area (Å²) in [6.07, 6.45) is 6.26. The third-order valence-electron chi connectivity index (χ3n) is 3.11. The SMILES string of the molecule is CCNc1ncnc2c1cnn2-c1ncnc2nc[nH]c12. The highest BCUT2D eigenvalue weighted by Gasteiger charge is 2.14. The fourth-order valence-electron chi connectivity index (χ4n) is 2.22. The average molecular weight is 281 g/mol. The first-order valence-corrected chi connectivity index (χ1v) is 6.45. The van der Waals surface area contributed by atoms with Crippen LogP contribution in [0.1, 0.15) is 6.92 Å². The van der Waals surface area contributed by atoms with Crippen LogP contribution < -0.4 is 5.32 Å². The highest BCUT2D eigenvalue weighted by molar-refractivity contribution is 5.88. The smallest absolute Gasteiger partial charge is 0.185 e. The van der Waals surface area contributed by atoms with Gasteiger partial charge in [0.1, 0.15) is 24.0 Å². The highest BCUT2D eigenvalue weighted by Crippen LogP contribution is 2.22. The third-order valence-corrected chi connectivity index (χ3v) is 3.11. The summed E-state index contributed by atoms with van der Waals surface area (Å²) in [5.41, 5.74) is 1.98. The number of imidazole rings is 1. The number of nitrogens with zero attached hydrogens (tertiary/aromatic N) is 7. The topological polar surface area (TPSA) is 110 Å². The molecule has 9 heteroatoms. The number of aromatic amines is 1. The molecule has 0 amide bonds. The summed E-state index contributed by atoms with van der Waals surface area (Å²) in [7, 11) is 0. The lowest BCUT2D eigenvalue weighted by atomic mass is 10.4. The summed E-state index contributed by atoms with van der Waals surface area (Å²) < 4.78 is 1.65. The van der Waals surface area contributed by atoms with E-state index in [1.807, 2.05) is 6.92 Å². The standard InChI is InChI=1S/C12H11N9/c1-2-13-9-7-3-20-21(11(7)18-5-15-9)12-8-10(16-4-14-8)17-6-19-12/h3-6H,2H2,1H3,(H,13,15,18)(H,14,16,17,19). The fraction of sp³-hybridized carbons (Fsp3) is 0.167. The zero-order valence-electron chi connectivity index (χ0n) is 11.1. The first-order chi connectivity index (χ1) is 10.4. The van der Waals surface area contributed by atoms with E-state index in [2.05, 4.69) is 40.3 Å². The van der Waals surface area contributed by atoms with Gasteiger partial charge in [0.05, 0.1) is 17.9 Å². The summed E-state index contributed by atoms with van der Waals surface area (Å²) >= 11 is 0. The Labute approximate surface area is 118 Å². The molecular formula is C12H11N9. The average Bonchev–Trinajstić information content (AvgIpc) is 3.14. The van der Waals surface area contributed by atoms with Crippen LogP contribution in [0.25, 0.3) is 28.0 Å². The molecule has 9 nitrogen and oxygen atoms in total. The van der Waals surface area contributed by atoms with Crippen LogP contribution in [0, 0.1) is 0 Å². The number of nitrogens with one attached hydrogen (secondary N) is 2. The van der Waals surface area contributed by atoms with Crippen molar-refractivity contribution in [2.75, 3.05) is 11.9 Å². The van der Waals surface area contributed by atoms with Gasteiger partial charge >= 0.3 is 0 Å². The molecule has 2 N–H and O–H groups in total. The molecule has 0 radical (unpaired) electrons. The van der Waals surface area contributed by atoms with Crippen LogP contribution in [0.4, 0.5) is 5.82 Å². The zero-order chi connectivity index (χ0) is 14.2. The van der Waals surface area contributed by atoms with Crippen LogP contribution in [0.3, 0.4) is 0 Å². The molecule has 0 aliphatic heterocycles. The summed E-state index contributed by atoms with van der Waals surface area (Å²) in [6.45, 7) is 2.78. The van der Waals surface area contributed by atoms with Crippen LogP contribution in [-0.4, -0.2) is 46.2 Å². The Morgan fingerprint density at radius 3 is 2.95 bits per heavy atom. The molecule has 4 aromatic rings. The molecule has 0 spiro atoms. The van der Waals surface area contributed by atoms with Crippen molar-refractivity contribution in [3.8, 4) is 5.82 Å². The van der Waals surface area contributed by atoms with Crippen molar-refractivity contribution in [2.24, 2.45) is 0 Å². The van der Waals surface area contributed by atoms with Gasteiger partial charge < -0.3 is 10.3 Å². The second-order valence-electron chi connectivity index (χ2n) is 4.34. The van der Waals surface area contributed by atoms with Crippen LogP contribution in [0.15, 0.2) is 25.2 Å². The Kier molecular flexibility index (Phi) is 2.49. The Bertz CT molecular complexity index is 923. The van der Waals surface area contributed by atoms with Crippen LogP contribution in [0.2, 0.25) is 0 Å². The van der Waals surface area contributed by atoms with E-state index < -0.39 is 0 Å². The van der Waals surface area contributed by atoms with Gasteiger partial charge in [-0.25, -0.2) is 24.9 Å². The zero-order valence-corrected chi connectivity index (χ0v) is 11.1. The van der Waals surface area contributed by atoms with E-state index in [9.17, 15) is 0 Å². The van der Waals surface area contributed by atoms with Crippen molar-refractivity contribution >= 4 is 28.0 Å². The van der Waals surface area contributed by atoms with Gasteiger partial charge in [0.2, 0.25) is 0 Å². The fourth-order valence-corrected chi connectivity index (χ4v) is 2.22. The number of hydrogen-bond acceptors (Lipinski definition) is 7. The molecule has 0 fully saturated rings. The summed E-state index contributed by atoms with van der Waals surface area (Å²) in [5, 5.41) is 8.40. The first kappa shape index (κ1) is 11.7. The first-order valence-electron chi connectivity index (χ1n) is 6.45. The molecule has 4 rings (SSSR count). The highest BCUT2D eigenvalue weighted by atomic mass is 15.3. The minimum atomic E-state index is 0.588. The molecule has 0 atom stereocenters. The third kappa shape index (κ3) is 1.71. The van der Waals surface area contributed by atoms with Gasteiger partial charge in [-0.15, -0.1) is 0 Å². The monoisotopic (exact) mass is 281 g/mol. The molecule has 0 saturated heterocycles. The van der Waals surface area contributed by atoms with Crippen molar-refractivity contribution < 1.29 is 0 Å². The quantitative estimate of drug-likeness (QED) is 0.574. The normalized spacial score (nSPS) is 11.3. The molecule has 4 aromatic heterocycles. The van der Waals surface area contributed by atoms with Gasteiger partial charge in [-0.2, -0.15) is 9.78 Å². The van der Waals surface area contributed by atoms with E-state index in [0.29, 0.717) is 22.6 Å². The molecule has 4 heterocycles. The van der Waals surface area contributed by atoms with Crippen molar-refractivity contribution in [3.05, 3.63) is 25.2 Å². The minimum absolute atomic E-state index is 0.588. The predicted molar refractivity (Wildman–Crippen MR) is 76.1 cm³/mol. The Morgan fingerprint density at radius 1 is 1.14 bits per heavy atom. The van der Waals surface area contributed by atoms with Crippen molar-refractivity contribution in [3.63, 3.8) is 0 Å². The number of aromatic nitrogens is 8. The number of rotatable bonds is 3. The van der Waals surface area contributed by atoms with E-state index in [1.54, 1.807) is 17.2 Å². The van der Waals surface area contributed by atoms with E-state index in [1.165, 1.54) is 12.7 Å². The van der Waals surface area contributed by atoms with Gasteiger partial charge in [0.25, 0.3) is 0 Å². The van der Waals surface area contributed by atoms with E-state index >= 15 is 0 Å². The van der Waals surface area contributed by atoms with Gasteiger partial charge in [0.15, 0.2) is 17.1 Å². The van der Waals surface area contributed by atoms with Crippen molar-refractivity contribution in [2.45, 2.75) is 6.92 Å². The van der Waals surface area contributed by atoms with Crippen molar-refractivity contribution in [1.82, 2.24) is 39.7 Å². The Morgan fingerprint density at radius 2 is 2.05 bits per heavy atom. The number of anilines is 1. The van der Waals surface area contributed by atoms with E-state index in [4.69, 9.17) is 0 Å². The van der Waals surface area contributed by atoms with Gasteiger partial charge in [0, 0.05) is 6.54 Å². The molecule has 0 aliphatic rings. The van der Waals surface area contributed by atoms with Crippen molar-refractivity contribution in [1.29, 1.82) is 0 Å². The maximum Gasteiger partial charge on any atom is 0.185 e. The van der Waals surface area contributed by atoms with Gasteiger partial charge in [-0.3, -0.25) is 0 Å². The molecule has 0 bridgehead atoms. The van der Waals surface area contributed by atoms with Crippen LogP contribution in [0.5, 0.6) is 0 Å². The maximum atomic E-state index is 4.37. The minimum Gasteiger partial charge on any atom is -0.370 e. The predicted octanol–water partition coefficient (Wildman–Crippen LogP) is 0.914. The molecule has 0 unspecified atom stereocenters. The lowest BCUT2D eigenvalue weighted by Gasteiger charge is -2.04. The molecule has 0 aliphatic carbocycles. The van der Waals surface area contributed by atoms with Crippen LogP contribution >= 0.6 is 0 Å². The van der Waals surface area contributed by atoms with Gasteiger partial charge in [-0.05, 0) is 6.92 Å². The largest absolute Gasteiger partial charge is 0.370 e. The molecule has 104 valence electrons. The number of fused-ring (bicyclic) bond motifs is 2. The molecule has 0 aromatic carbocycles. The lowest BCUT2D eigenvalue weighted by molar-refractivity contribution is 0.862. The number of H-pyrrole nitrogens is 1. The summed E-state index contributed by atoms with van der Waals surface area (Å²) in [5.74, 6) is 1.36. The van der Waals surface area contributed by atoms with Crippen LogP contribution in [-0.2, 0) is 0 Å². The lowest BCUT2D eigenvalue weighted by Crippen LogP contribution is -2.04. The molecule has 0 saturated carbocycles. The second-order valence-corrected chi connectivity index (χ2v) is 4.34. The Balaban J connectivity index is 1.99. The van der Waals surface area contributed by atoms with Gasteiger partial charge in [-0.1, -0.05) is 0 Å². The Hall–Kier alpha value is -3.10. The summed E-state index contributed by atoms with van der Waals surface area (Å²) in [6, 6.07) is 0. The molecular weight excluding hydrogens is 270 g/mol. The van der Waals surface area contributed by atoms with E-state index in [-0.39, 0.29) is 0 Å². The maximum absolute atomic E-state index is 4.37. The number of hydrogen-bond donors (Lipinski definition) is 2. The second kappa shape index (κ2) is 4.47. The summed E-state index contributed by atoms with van der Waals surface area (Å²) in [4.78, 5) is 24.1. The molecule has 21 heavy (non-hydrogen) atoms. The van der Waals surface area contributed by atoms with E-state index in [0.717, 1.165) is 17.7 Å².